The predicted octanol–water partition coefficient (Wildman–Crippen LogP) is 3.35. The standard InChI is InChI=1S/C31H33F3N6O4.CH2O2/c1-6-24(41)11-8-14-40(3,4)18-21-15-20(17-35)12-13-25(21)27-26(28(42)44-5)19(2)38(29-36-37-30(43)39(27)29)23-10-7-9-22(16-23)31(32,33)34;2-1-3/h7,9-10,12-13,15-16,27H,6,8,11,14,18H2,1-5H3;1H,(H,2,3)/t27-;/m1./s1. The lowest BCUT2D eigenvalue weighted by molar-refractivity contribution is -0.903. The van der Waals surface area contributed by atoms with Crippen LogP contribution >= 0.6 is 0 Å². The van der Waals surface area contributed by atoms with Crippen LogP contribution in [0.4, 0.5) is 24.8 Å². The van der Waals surface area contributed by atoms with Gasteiger partial charge in [-0.05, 0) is 42.8 Å². The molecule has 0 amide bonds. The SMILES string of the molecule is CCC(=O)CCC[N+](C)(C)Cc1cc(C#N)ccc1[C@@H]1C(C(=O)OC)=C(C)N(c2cccc(C(F)(F)F)c2)c2n[nH]c(=O)n21.O=C[O-]. The number of esters is 1. The smallest absolute Gasteiger partial charge is 0.416 e. The maximum Gasteiger partial charge on any atom is 0.416 e. The number of carbonyl (C=O) groups excluding carboxylic acids is 3. The summed E-state index contributed by atoms with van der Waals surface area (Å²) in [6, 6.07) is 10.5. The van der Waals surface area contributed by atoms with Crippen LogP contribution in [-0.4, -0.2) is 65.2 Å². The zero-order valence-corrected chi connectivity index (χ0v) is 26.6. The number of ether oxygens (including phenoxy) is 1. The van der Waals surface area contributed by atoms with Crippen molar-refractivity contribution in [2.24, 2.45) is 0 Å². The molecule has 15 heteroatoms. The van der Waals surface area contributed by atoms with Crippen molar-refractivity contribution in [1.29, 1.82) is 5.26 Å². The maximum atomic E-state index is 13.6. The number of fused-ring (bicyclic) bond motifs is 1. The Morgan fingerprint density at radius 2 is 1.89 bits per heavy atom. The van der Waals surface area contributed by atoms with Crippen LogP contribution in [0.3, 0.4) is 0 Å². The number of hydrogen-bond donors (Lipinski definition) is 1. The van der Waals surface area contributed by atoms with Crippen LogP contribution in [0.5, 0.6) is 0 Å². The molecule has 3 aromatic rings. The number of halogens is 3. The van der Waals surface area contributed by atoms with Crippen molar-refractivity contribution in [2.45, 2.75) is 51.9 Å². The van der Waals surface area contributed by atoms with Gasteiger partial charge >= 0.3 is 17.8 Å². The summed E-state index contributed by atoms with van der Waals surface area (Å²) in [6.07, 6.45) is -3.07. The van der Waals surface area contributed by atoms with Gasteiger partial charge in [-0.3, -0.25) is 9.69 Å². The predicted molar refractivity (Wildman–Crippen MR) is 162 cm³/mol. The highest BCUT2D eigenvalue weighted by Crippen LogP contribution is 2.43. The second-order valence-corrected chi connectivity index (χ2v) is 11.4. The third kappa shape index (κ3) is 8.14. The Kier molecular flexibility index (Phi) is 11.5. The second-order valence-electron chi connectivity index (χ2n) is 11.4. The summed E-state index contributed by atoms with van der Waals surface area (Å²) in [5.74, 6) is -0.642. The molecule has 0 radical (unpaired) electrons. The molecule has 0 fully saturated rings. The van der Waals surface area contributed by atoms with E-state index in [1.165, 1.54) is 28.7 Å². The van der Waals surface area contributed by atoms with Gasteiger partial charge in [0.1, 0.15) is 18.4 Å². The number of hydrogen-bond acceptors (Lipinski definition) is 9. The zero-order valence-electron chi connectivity index (χ0n) is 26.6. The highest BCUT2D eigenvalue weighted by Gasteiger charge is 2.41. The van der Waals surface area contributed by atoms with E-state index in [-0.39, 0.29) is 28.7 Å². The minimum atomic E-state index is -4.63. The molecule has 1 aliphatic heterocycles. The Morgan fingerprint density at radius 1 is 1.21 bits per heavy atom. The van der Waals surface area contributed by atoms with Crippen molar-refractivity contribution < 1.29 is 41.9 Å². The van der Waals surface area contributed by atoms with Crippen molar-refractivity contribution in [2.75, 3.05) is 32.6 Å². The van der Waals surface area contributed by atoms with Crippen molar-refractivity contribution in [3.63, 3.8) is 0 Å². The van der Waals surface area contributed by atoms with Gasteiger partial charge in [0.15, 0.2) is 0 Å². The van der Waals surface area contributed by atoms with Crippen molar-refractivity contribution in [3.8, 4) is 6.07 Å². The summed E-state index contributed by atoms with van der Waals surface area (Å²) in [5.41, 5.74) is 0.223. The van der Waals surface area contributed by atoms with Crippen LogP contribution in [0.25, 0.3) is 0 Å². The summed E-state index contributed by atoms with van der Waals surface area (Å²) >= 11 is 0. The molecule has 0 aliphatic carbocycles. The first-order valence-corrected chi connectivity index (χ1v) is 14.5. The number of carbonyl (C=O) groups is 3. The molecular formula is C32H35F3N6O6. The first kappa shape index (κ1) is 36.2. The second kappa shape index (κ2) is 14.9. The lowest BCUT2D eigenvalue weighted by Crippen LogP contribution is -2.41. The van der Waals surface area contributed by atoms with Gasteiger partial charge in [0.25, 0.3) is 0 Å². The Hall–Kier alpha value is -5.23. The third-order valence-corrected chi connectivity index (χ3v) is 7.76. The molecule has 1 N–H and O–H groups in total. The minimum Gasteiger partial charge on any atom is -0.554 e. The van der Waals surface area contributed by atoms with Gasteiger partial charge in [0, 0.05) is 42.7 Å². The number of aromatic amines is 1. The Balaban J connectivity index is 0.00000192. The summed E-state index contributed by atoms with van der Waals surface area (Å²) in [4.78, 5) is 48.2. The monoisotopic (exact) mass is 656 g/mol. The number of anilines is 2. The van der Waals surface area contributed by atoms with Crippen LogP contribution in [-0.2, 0) is 31.8 Å². The van der Waals surface area contributed by atoms with E-state index in [1.807, 2.05) is 21.0 Å². The average Bonchev–Trinajstić information content (AvgIpc) is 3.40. The van der Waals surface area contributed by atoms with E-state index >= 15 is 0 Å². The maximum absolute atomic E-state index is 13.6. The molecule has 0 saturated carbocycles. The van der Waals surface area contributed by atoms with Crippen LogP contribution in [0.1, 0.15) is 61.4 Å². The van der Waals surface area contributed by atoms with Gasteiger partial charge in [-0.2, -0.15) is 18.4 Å². The van der Waals surface area contributed by atoms with Gasteiger partial charge in [0.05, 0.1) is 50.5 Å². The van der Waals surface area contributed by atoms with Crippen molar-refractivity contribution >= 4 is 29.9 Å². The van der Waals surface area contributed by atoms with E-state index in [2.05, 4.69) is 16.3 Å². The molecular weight excluding hydrogens is 621 g/mol. The number of aromatic nitrogens is 3. The number of ketones is 1. The molecule has 0 saturated heterocycles. The van der Waals surface area contributed by atoms with E-state index in [1.54, 1.807) is 25.1 Å². The van der Waals surface area contributed by atoms with Gasteiger partial charge in [-0.15, -0.1) is 5.10 Å². The van der Waals surface area contributed by atoms with Crippen LogP contribution in [0.15, 0.2) is 58.5 Å². The van der Waals surface area contributed by atoms with Crippen LogP contribution in [0, 0.1) is 11.3 Å². The van der Waals surface area contributed by atoms with E-state index in [4.69, 9.17) is 14.6 Å². The number of nitrogens with one attached hydrogen (secondary N) is 1. The topological polar surface area (TPSA) is 161 Å². The quantitative estimate of drug-likeness (QED) is 0.196. The summed E-state index contributed by atoms with van der Waals surface area (Å²) in [7, 11) is 5.14. The number of H-pyrrole nitrogens is 1. The molecule has 0 bridgehead atoms. The van der Waals surface area contributed by atoms with E-state index in [9.17, 15) is 32.8 Å². The van der Waals surface area contributed by atoms with E-state index < -0.39 is 35.9 Å². The highest BCUT2D eigenvalue weighted by atomic mass is 19.4. The minimum absolute atomic E-state index is 0.0192. The molecule has 2 heterocycles. The van der Waals surface area contributed by atoms with E-state index in [0.717, 1.165) is 12.1 Å². The number of Topliss-reactive ketones (excluding diaryl/α,β-unsaturated/α-hetero) is 1. The summed E-state index contributed by atoms with van der Waals surface area (Å²) in [6.45, 7) is 3.90. The fourth-order valence-electron chi connectivity index (χ4n) is 5.58. The third-order valence-electron chi connectivity index (χ3n) is 7.76. The Labute approximate surface area is 268 Å². The summed E-state index contributed by atoms with van der Waals surface area (Å²) in [5, 5.41) is 24.5. The van der Waals surface area contributed by atoms with Gasteiger partial charge in [-0.1, -0.05) is 19.1 Å². The number of nitrogens with zero attached hydrogens (tertiary/aromatic N) is 5. The molecule has 0 unspecified atom stereocenters. The number of benzene rings is 2. The number of carboxylic acid groups (broad SMARTS) is 1. The molecule has 12 nitrogen and oxygen atoms in total. The lowest BCUT2D eigenvalue weighted by atomic mass is 9.89. The number of methoxy groups -OCH3 is 1. The van der Waals surface area contributed by atoms with E-state index in [0.29, 0.717) is 53.5 Å². The molecule has 2 aromatic carbocycles. The number of nitriles is 1. The molecule has 1 aromatic heterocycles. The van der Waals surface area contributed by atoms with Gasteiger partial charge in [0.2, 0.25) is 5.95 Å². The first-order chi connectivity index (χ1) is 22.1. The number of alkyl halides is 3. The first-order valence-electron chi connectivity index (χ1n) is 14.5. The fourth-order valence-corrected chi connectivity index (χ4v) is 5.58. The van der Waals surface area contributed by atoms with Gasteiger partial charge < -0.3 is 19.1 Å². The normalized spacial score (nSPS) is 14.4. The Bertz CT molecular complexity index is 1770. The fraction of sp³-hybridized carbons (Fsp3) is 0.375. The van der Waals surface area contributed by atoms with Gasteiger partial charge in [-0.25, -0.2) is 19.3 Å². The molecule has 0 spiro atoms. The number of allylic oxidation sites excluding steroid dienone is 1. The molecule has 47 heavy (non-hydrogen) atoms. The largest absolute Gasteiger partial charge is 0.554 e. The van der Waals surface area contributed by atoms with Crippen LogP contribution in [0.2, 0.25) is 0 Å². The Morgan fingerprint density at radius 3 is 2.49 bits per heavy atom. The lowest BCUT2D eigenvalue weighted by Gasteiger charge is -2.37. The number of quaternary nitrogens is 1. The molecule has 1 aliphatic rings. The molecule has 1 atom stereocenters. The highest BCUT2D eigenvalue weighted by molar-refractivity contribution is 5.93. The van der Waals surface area contributed by atoms with Crippen LogP contribution < -0.4 is 15.7 Å². The van der Waals surface area contributed by atoms with Crippen molar-refractivity contribution in [3.05, 3.63) is 86.5 Å². The molecule has 4 rings (SSSR count). The average molecular weight is 657 g/mol. The van der Waals surface area contributed by atoms with Crippen molar-refractivity contribution in [1.82, 2.24) is 14.8 Å². The number of rotatable bonds is 10. The molecule has 250 valence electrons. The summed E-state index contributed by atoms with van der Waals surface area (Å²) < 4.78 is 47.7. The zero-order chi connectivity index (χ0) is 35.1.